The zero-order chi connectivity index (χ0) is 17.9. The van der Waals surface area contributed by atoms with Gasteiger partial charge in [0.25, 0.3) is 0 Å². The van der Waals surface area contributed by atoms with Crippen molar-refractivity contribution in [1.29, 1.82) is 0 Å². The van der Waals surface area contributed by atoms with Gasteiger partial charge in [0.1, 0.15) is 5.75 Å². The molecule has 0 amide bonds. The van der Waals surface area contributed by atoms with E-state index in [0.717, 1.165) is 43.3 Å². The van der Waals surface area contributed by atoms with Gasteiger partial charge in [-0.3, -0.25) is 4.99 Å². The highest BCUT2D eigenvalue weighted by Crippen LogP contribution is 2.16. The number of para-hydroxylation sites is 1. The van der Waals surface area contributed by atoms with E-state index in [1.165, 1.54) is 0 Å². The van der Waals surface area contributed by atoms with Gasteiger partial charge in [-0.25, -0.2) is 0 Å². The molecule has 7 heteroatoms. The third-order valence-electron chi connectivity index (χ3n) is 4.04. The summed E-state index contributed by atoms with van der Waals surface area (Å²) in [4.78, 5) is 4.25. The molecule has 0 saturated carbocycles. The van der Waals surface area contributed by atoms with E-state index in [1.54, 1.807) is 7.05 Å². The van der Waals surface area contributed by atoms with E-state index in [4.69, 9.17) is 14.2 Å². The topological polar surface area (TPSA) is 64.1 Å². The minimum absolute atomic E-state index is 0. The number of hydrogen-bond acceptors (Lipinski definition) is 4. The Hall–Kier alpha value is -1.06. The van der Waals surface area contributed by atoms with Gasteiger partial charge in [-0.2, -0.15) is 0 Å². The van der Waals surface area contributed by atoms with Crippen LogP contribution in [0.1, 0.15) is 25.3 Å². The summed E-state index contributed by atoms with van der Waals surface area (Å²) in [6.07, 6.45) is 2.12. The lowest BCUT2D eigenvalue weighted by Gasteiger charge is -2.19. The lowest BCUT2D eigenvalue weighted by atomic mass is 10.2. The monoisotopic (exact) mass is 477 g/mol. The Bertz CT molecular complexity index is 537. The van der Waals surface area contributed by atoms with Crippen molar-refractivity contribution in [3.8, 4) is 5.75 Å². The van der Waals surface area contributed by atoms with Gasteiger partial charge in [-0.15, -0.1) is 24.0 Å². The van der Waals surface area contributed by atoms with Crippen LogP contribution in [0.25, 0.3) is 0 Å². The molecule has 2 N–H and O–H groups in total. The van der Waals surface area contributed by atoms with Crippen molar-refractivity contribution in [2.45, 2.75) is 38.8 Å². The summed E-state index contributed by atoms with van der Waals surface area (Å²) in [6, 6.07) is 8.26. The number of aryl methyl sites for hydroxylation is 1. The first-order valence-electron chi connectivity index (χ1n) is 9.04. The summed E-state index contributed by atoms with van der Waals surface area (Å²) in [5.41, 5.74) is 1.16. The molecule has 6 nitrogen and oxygen atoms in total. The molecule has 0 aliphatic carbocycles. The first-order chi connectivity index (χ1) is 12.2. The second-order valence-corrected chi connectivity index (χ2v) is 6.33. The smallest absolute Gasteiger partial charge is 0.191 e. The standard InChI is InChI=1S/C19H31N3O3.HI/c1-15-7-4-5-8-18(15)24-11-6-10-21-19(20-3)22-16(2)13-25-17-9-12-23-14-17;/h4-5,7-8,16-17H,6,9-14H2,1-3H3,(H2,20,21,22);1H. The third-order valence-corrected chi connectivity index (χ3v) is 4.04. The molecule has 2 unspecified atom stereocenters. The van der Waals surface area contributed by atoms with E-state index >= 15 is 0 Å². The number of halogens is 1. The van der Waals surface area contributed by atoms with Crippen molar-refractivity contribution < 1.29 is 14.2 Å². The Balaban J connectivity index is 0.00000338. The quantitative estimate of drug-likeness (QED) is 0.248. The SMILES string of the molecule is CN=C(NCCCOc1ccccc1C)NC(C)COC1CCOC1.I. The summed E-state index contributed by atoms with van der Waals surface area (Å²) in [5, 5.41) is 6.65. The van der Waals surface area contributed by atoms with Crippen LogP contribution in [0.4, 0.5) is 0 Å². The predicted octanol–water partition coefficient (Wildman–Crippen LogP) is 2.74. The number of benzene rings is 1. The van der Waals surface area contributed by atoms with Gasteiger partial charge < -0.3 is 24.8 Å². The molecule has 0 bridgehead atoms. The van der Waals surface area contributed by atoms with Crippen molar-refractivity contribution in [2.75, 3.05) is 40.0 Å². The molecule has 0 radical (unpaired) electrons. The molecule has 1 aliphatic rings. The van der Waals surface area contributed by atoms with E-state index < -0.39 is 0 Å². The van der Waals surface area contributed by atoms with Gasteiger partial charge in [-0.1, -0.05) is 18.2 Å². The fourth-order valence-corrected chi connectivity index (χ4v) is 2.57. The highest BCUT2D eigenvalue weighted by Gasteiger charge is 2.17. The molecule has 1 heterocycles. The van der Waals surface area contributed by atoms with Crippen LogP contribution in [0.5, 0.6) is 5.75 Å². The molecule has 0 aromatic heterocycles. The van der Waals surface area contributed by atoms with Crippen molar-refractivity contribution in [1.82, 2.24) is 10.6 Å². The summed E-state index contributed by atoms with van der Waals surface area (Å²) < 4.78 is 16.9. The highest BCUT2D eigenvalue weighted by molar-refractivity contribution is 14.0. The fraction of sp³-hybridized carbons (Fsp3) is 0.632. The number of ether oxygens (including phenoxy) is 3. The number of nitrogens with one attached hydrogen (secondary N) is 2. The molecule has 1 saturated heterocycles. The summed E-state index contributed by atoms with van der Waals surface area (Å²) >= 11 is 0. The Morgan fingerprint density at radius 3 is 2.88 bits per heavy atom. The predicted molar refractivity (Wildman–Crippen MR) is 116 cm³/mol. The van der Waals surface area contributed by atoms with Crippen molar-refractivity contribution in [3.63, 3.8) is 0 Å². The van der Waals surface area contributed by atoms with Crippen LogP contribution in [-0.4, -0.2) is 58.1 Å². The van der Waals surface area contributed by atoms with Gasteiger partial charge in [0, 0.05) is 26.2 Å². The first-order valence-corrected chi connectivity index (χ1v) is 9.04. The maximum atomic E-state index is 5.82. The van der Waals surface area contributed by atoms with Crippen LogP contribution in [0, 0.1) is 6.92 Å². The second kappa shape index (κ2) is 13.2. The van der Waals surface area contributed by atoms with Crippen LogP contribution in [0.3, 0.4) is 0 Å². The fourth-order valence-electron chi connectivity index (χ4n) is 2.57. The molecule has 2 atom stereocenters. The average molecular weight is 477 g/mol. The van der Waals surface area contributed by atoms with Gasteiger partial charge in [-0.05, 0) is 38.3 Å². The number of guanidine groups is 1. The summed E-state index contributed by atoms with van der Waals surface area (Å²) in [7, 11) is 1.78. The molecule has 1 fully saturated rings. The van der Waals surface area contributed by atoms with Gasteiger partial charge in [0.05, 0.1) is 25.9 Å². The van der Waals surface area contributed by atoms with Crippen LogP contribution in [0.2, 0.25) is 0 Å². The lowest BCUT2D eigenvalue weighted by Crippen LogP contribution is -2.45. The molecular formula is C19H32IN3O3. The van der Waals surface area contributed by atoms with Crippen LogP contribution in [0.15, 0.2) is 29.3 Å². The van der Waals surface area contributed by atoms with Crippen LogP contribution >= 0.6 is 24.0 Å². The third kappa shape index (κ3) is 8.55. The van der Waals surface area contributed by atoms with E-state index in [9.17, 15) is 0 Å². The van der Waals surface area contributed by atoms with Crippen molar-refractivity contribution in [3.05, 3.63) is 29.8 Å². The normalized spacial score (nSPS) is 18.1. The molecule has 1 aromatic rings. The number of hydrogen-bond donors (Lipinski definition) is 2. The Labute approximate surface area is 174 Å². The van der Waals surface area contributed by atoms with E-state index in [0.29, 0.717) is 19.8 Å². The van der Waals surface area contributed by atoms with Crippen molar-refractivity contribution in [2.24, 2.45) is 4.99 Å². The Morgan fingerprint density at radius 1 is 1.38 bits per heavy atom. The molecular weight excluding hydrogens is 445 g/mol. The lowest BCUT2D eigenvalue weighted by molar-refractivity contribution is 0.0347. The van der Waals surface area contributed by atoms with Gasteiger partial charge in [0.15, 0.2) is 5.96 Å². The number of rotatable bonds is 9. The van der Waals surface area contributed by atoms with Crippen LogP contribution in [-0.2, 0) is 9.47 Å². The molecule has 1 aliphatic heterocycles. The molecule has 148 valence electrons. The Kier molecular flexibility index (Phi) is 11.6. The second-order valence-electron chi connectivity index (χ2n) is 6.33. The average Bonchev–Trinajstić information content (AvgIpc) is 3.13. The van der Waals surface area contributed by atoms with E-state index in [2.05, 4.69) is 35.5 Å². The minimum Gasteiger partial charge on any atom is -0.493 e. The first kappa shape index (κ1) is 23.0. The van der Waals surface area contributed by atoms with Crippen LogP contribution < -0.4 is 15.4 Å². The highest BCUT2D eigenvalue weighted by atomic mass is 127. The number of nitrogens with zero attached hydrogens (tertiary/aromatic N) is 1. The minimum atomic E-state index is 0. The van der Waals surface area contributed by atoms with Crippen molar-refractivity contribution >= 4 is 29.9 Å². The largest absolute Gasteiger partial charge is 0.493 e. The van der Waals surface area contributed by atoms with Gasteiger partial charge >= 0.3 is 0 Å². The van der Waals surface area contributed by atoms with E-state index in [-0.39, 0.29) is 36.1 Å². The zero-order valence-corrected chi connectivity index (χ0v) is 18.3. The Morgan fingerprint density at radius 2 is 2.19 bits per heavy atom. The molecule has 0 spiro atoms. The zero-order valence-electron chi connectivity index (χ0n) is 16.0. The molecule has 1 aromatic carbocycles. The number of aliphatic imine (C=N–C) groups is 1. The maximum absolute atomic E-state index is 5.82. The molecule has 2 rings (SSSR count). The van der Waals surface area contributed by atoms with E-state index in [1.807, 2.05) is 18.2 Å². The molecule has 26 heavy (non-hydrogen) atoms. The maximum Gasteiger partial charge on any atom is 0.191 e. The summed E-state index contributed by atoms with van der Waals surface area (Å²) in [5.74, 6) is 1.74. The summed E-state index contributed by atoms with van der Waals surface area (Å²) in [6.45, 7) is 7.78. The van der Waals surface area contributed by atoms with Gasteiger partial charge in [0.2, 0.25) is 0 Å².